The largest absolute Gasteiger partial charge is 0.469 e. The number of nitrogens with zero attached hydrogens (tertiary/aromatic N) is 2. The SMILES string of the molecule is C=CCOC(=O)C1=C(C(=O)N(Cc2cnccc2C)c2c(Cl)sc(CC(=O)OC)c2Cl)CCCC1. The standard InChI is InChI=1S/C25H26Cl2N2O5S/c1-4-11-34-25(32)18-8-6-5-7-17(18)24(31)29(14-16-13-28-10-9-15(16)2)22-21(26)19(35-23(22)27)12-20(30)33-3/h4,9-10,13H,1,5-8,11-12,14H2,2-3H3. The smallest absolute Gasteiger partial charge is 0.334 e. The van der Waals surface area contributed by atoms with Gasteiger partial charge >= 0.3 is 11.9 Å². The molecule has 0 atom stereocenters. The number of amides is 1. The second-order valence-corrected chi connectivity index (χ2v) is 10.0. The molecule has 0 unspecified atom stereocenters. The van der Waals surface area contributed by atoms with E-state index in [0.29, 0.717) is 34.6 Å². The normalized spacial score (nSPS) is 13.4. The van der Waals surface area contributed by atoms with E-state index in [4.69, 9.17) is 32.7 Å². The number of thiophene rings is 1. The Hall–Kier alpha value is -2.68. The van der Waals surface area contributed by atoms with Crippen LogP contribution in [-0.4, -0.2) is 36.5 Å². The average Bonchev–Trinajstić information content (AvgIpc) is 3.13. The maximum atomic E-state index is 14.0. The van der Waals surface area contributed by atoms with Crippen molar-refractivity contribution in [3.63, 3.8) is 0 Å². The highest BCUT2D eigenvalue weighted by Crippen LogP contribution is 2.45. The van der Waals surface area contributed by atoms with E-state index in [1.54, 1.807) is 12.4 Å². The van der Waals surface area contributed by atoms with Crippen LogP contribution >= 0.6 is 34.5 Å². The number of hydrogen-bond donors (Lipinski definition) is 0. The maximum absolute atomic E-state index is 14.0. The fourth-order valence-corrected chi connectivity index (χ4v) is 5.66. The Morgan fingerprint density at radius 1 is 1.23 bits per heavy atom. The van der Waals surface area contributed by atoms with E-state index in [-0.39, 0.29) is 34.8 Å². The third kappa shape index (κ3) is 6.31. The van der Waals surface area contributed by atoms with E-state index in [0.717, 1.165) is 35.3 Å². The predicted molar refractivity (Wildman–Crippen MR) is 137 cm³/mol. The molecule has 2 aromatic heterocycles. The number of carbonyl (C=O) groups is 3. The van der Waals surface area contributed by atoms with E-state index in [1.165, 1.54) is 18.1 Å². The molecule has 0 aliphatic heterocycles. The van der Waals surface area contributed by atoms with Crippen LogP contribution in [0.15, 0.2) is 42.3 Å². The molecule has 7 nitrogen and oxygen atoms in total. The number of rotatable bonds is 9. The lowest BCUT2D eigenvalue weighted by Crippen LogP contribution is -2.34. The summed E-state index contributed by atoms with van der Waals surface area (Å²) in [5.74, 6) is -1.39. The molecular formula is C25H26Cl2N2O5S. The van der Waals surface area contributed by atoms with Gasteiger partial charge in [0.2, 0.25) is 0 Å². The summed E-state index contributed by atoms with van der Waals surface area (Å²) in [7, 11) is 1.29. The minimum absolute atomic E-state index is 0.0570. The van der Waals surface area contributed by atoms with Crippen LogP contribution in [0.25, 0.3) is 0 Å². The Morgan fingerprint density at radius 2 is 1.94 bits per heavy atom. The average molecular weight is 537 g/mol. The number of carbonyl (C=O) groups excluding carboxylic acids is 3. The van der Waals surface area contributed by atoms with Gasteiger partial charge in [0.15, 0.2) is 0 Å². The van der Waals surface area contributed by atoms with Crippen molar-refractivity contribution in [2.75, 3.05) is 18.6 Å². The van der Waals surface area contributed by atoms with Gasteiger partial charge in [0.05, 0.1) is 30.8 Å². The molecule has 186 valence electrons. The fourth-order valence-electron chi connectivity index (χ4n) is 3.80. The molecule has 3 rings (SSSR count). The van der Waals surface area contributed by atoms with E-state index < -0.39 is 11.9 Å². The molecule has 1 aliphatic carbocycles. The number of ether oxygens (including phenoxy) is 2. The van der Waals surface area contributed by atoms with Gasteiger partial charge in [-0.3, -0.25) is 14.6 Å². The van der Waals surface area contributed by atoms with Crippen LogP contribution in [0.4, 0.5) is 5.69 Å². The van der Waals surface area contributed by atoms with Crippen molar-refractivity contribution < 1.29 is 23.9 Å². The Bertz CT molecular complexity index is 1170. The van der Waals surface area contributed by atoms with E-state index in [1.807, 2.05) is 13.0 Å². The van der Waals surface area contributed by atoms with Gasteiger partial charge in [-0.15, -0.1) is 11.3 Å². The predicted octanol–water partition coefficient (Wildman–Crippen LogP) is 5.61. The van der Waals surface area contributed by atoms with Crippen molar-refractivity contribution in [2.24, 2.45) is 0 Å². The van der Waals surface area contributed by atoms with Crippen LogP contribution in [0, 0.1) is 6.92 Å². The maximum Gasteiger partial charge on any atom is 0.334 e. The summed E-state index contributed by atoms with van der Waals surface area (Å²) >= 11 is 14.4. The second kappa shape index (κ2) is 12.3. The topological polar surface area (TPSA) is 85.8 Å². The monoisotopic (exact) mass is 536 g/mol. The first-order valence-corrected chi connectivity index (χ1v) is 12.6. The summed E-state index contributed by atoms with van der Waals surface area (Å²) < 4.78 is 10.3. The van der Waals surface area contributed by atoms with Crippen LogP contribution in [0.5, 0.6) is 0 Å². The molecule has 0 N–H and O–H groups in total. The number of hydrogen-bond acceptors (Lipinski definition) is 7. The Labute approximate surface area is 218 Å². The zero-order valence-electron chi connectivity index (χ0n) is 19.6. The first-order valence-electron chi connectivity index (χ1n) is 11.0. The Balaban J connectivity index is 2.10. The van der Waals surface area contributed by atoms with E-state index in [9.17, 15) is 14.4 Å². The zero-order chi connectivity index (χ0) is 25.5. The molecule has 1 amide bonds. The molecular weight excluding hydrogens is 511 g/mol. The summed E-state index contributed by atoms with van der Waals surface area (Å²) in [4.78, 5) is 44.7. The molecule has 0 saturated heterocycles. The van der Waals surface area contributed by atoms with Crippen molar-refractivity contribution >= 4 is 58.1 Å². The van der Waals surface area contributed by atoms with Gasteiger partial charge in [-0.2, -0.15) is 0 Å². The highest BCUT2D eigenvalue weighted by Gasteiger charge is 2.33. The molecule has 1 aliphatic rings. The van der Waals surface area contributed by atoms with Crippen molar-refractivity contribution in [2.45, 2.75) is 45.6 Å². The van der Waals surface area contributed by atoms with Crippen molar-refractivity contribution in [3.8, 4) is 0 Å². The lowest BCUT2D eigenvalue weighted by molar-refractivity contribution is -0.140. The number of aryl methyl sites for hydroxylation is 1. The quantitative estimate of drug-likeness (QED) is 0.306. The van der Waals surface area contributed by atoms with Crippen molar-refractivity contribution in [1.29, 1.82) is 0 Å². The number of aromatic nitrogens is 1. The second-order valence-electron chi connectivity index (χ2n) is 7.96. The molecule has 0 radical (unpaired) electrons. The Morgan fingerprint density at radius 3 is 2.60 bits per heavy atom. The number of esters is 2. The number of anilines is 1. The van der Waals surface area contributed by atoms with Crippen LogP contribution < -0.4 is 4.90 Å². The van der Waals surface area contributed by atoms with Crippen molar-refractivity contribution in [1.82, 2.24) is 4.98 Å². The molecule has 2 aromatic rings. The lowest BCUT2D eigenvalue weighted by Gasteiger charge is -2.27. The summed E-state index contributed by atoms with van der Waals surface area (Å²) in [6.07, 6.45) is 7.15. The summed E-state index contributed by atoms with van der Waals surface area (Å²) in [6, 6.07) is 1.84. The van der Waals surface area contributed by atoms with E-state index >= 15 is 0 Å². The minimum atomic E-state index is -0.528. The number of methoxy groups -OCH3 is 1. The van der Waals surface area contributed by atoms with Gasteiger partial charge in [-0.25, -0.2) is 4.79 Å². The van der Waals surface area contributed by atoms with Gasteiger partial charge in [-0.1, -0.05) is 35.9 Å². The van der Waals surface area contributed by atoms with Gasteiger partial charge in [0.25, 0.3) is 5.91 Å². The lowest BCUT2D eigenvalue weighted by atomic mass is 9.90. The summed E-state index contributed by atoms with van der Waals surface area (Å²) in [6.45, 7) is 5.67. The first kappa shape index (κ1) is 26.9. The van der Waals surface area contributed by atoms with Gasteiger partial charge in [0.1, 0.15) is 10.9 Å². The Kier molecular flexibility index (Phi) is 9.48. The molecule has 2 heterocycles. The first-order chi connectivity index (χ1) is 16.8. The molecule has 0 aromatic carbocycles. The third-order valence-electron chi connectivity index (χ3n) is 5.68. The van der Waals surface area contributed by atoms with Crippen LogP contribution in [-0.2, 0) is 36.8 Å². The van der Waals surface area contributed by atoms with Crippen molar-refractivity contribution in [3.05, 3.63) is 67.6 Å². The molecule has 0 spiro atoms. The van der Waals surface area contributed by atoms with Gasteiger partial charge < -0.3 is 14.4 Å². The van der Waals surface area contributed by atoms with Gasteiger partial charge in [-0.05, 0) is 49.8 Å². The fraction of sp³-hybridized carbons (Fsp3) is 0.360. The molecule has 0 fully saturated rings. The van der Waals surface area contributed by atoms with Crippen LogP contribution in [0.1, 0.15) is 41.7 Å². The molecule has 0 saturated carbocycles. The van der Waals surface area contributed by atoms with Gasteiger partial charge in [0, 0.05) is 28.4 Å². The van der Waals surface area contributed by atoms with E-state index in [2.05, 4.69) is 11.6 Å². The highest BCUT2D eigenvalue weighted by molar-refractivity contribution is 7.17. The zero-order valence-corrected chi connectivity index (χ0v) is 21.9. The molecule has 10 heteroatoms. The van der Waals surface area contributed by atoms with Crippen LogP contribution in [0.3, 0.4) is 0 Å². The number of pyridine rings is 1. The highest BCUT2D eigenvalue weighted by atomic mass is 35.5. The molecule has 35 heavy (non-hydrogen) atoms. The summed E-state index contributed by atoms with van der Waals surface area (Å²) in [5.41, 5.74) is 2.74. The van der Waals surface area contributed by atoms with Crippen LogP contribution in [0.2, 0.25) is 9.36 Å². The number of halogens is 2. The molecule has 0 bridgehead atoms. The minimum Gasteiger partial charge on any atom is -0.469 e. The third-order valence-corrected chi connectivity index (χ3v) is 7.58. The summed E-state index contributed by atoms with van der Waals surface area (Å²) in [5, 5.41) is 0.201.